The fourth-order valence-corrected chi connectivity index (χ4v) is 2.33. The largest absolute Gasteiger partial charge is 0.458 e. The highest BCUT2D eigenvalue weighted by molar-refractivity contribution is 5.81. The zero-order valence-corrected chi connectivity index (χ0v) is 14.5. The molecule has 2 aromatic carbocycles. The number of nitrogens with zero attached hydrogens (tertiary/aromatic N) is 1. The Labute approximate surface area is 149 Å². The van der Waals surface area contributed by atoms with Crippen molar-refractivity contribution in [3.8, 4) is 0 Å². The summed E-state index contributed by atoms with van der Waals surface area (Å²) < 4.78 is 5.08. The van der Waals surface area contributed by atoms with Gasteiger partial charge in [-0.1, -0.05) is 61.2 Å². The van der Waals surface area contributed by atoms with Gasteiger partial charge in [0.1, 0.15) is 6.61 Å². The normalized spacial score (nSPS) is 11.3. The third-order valence-corrected chi connectivity index (χ3v) is 3.67. The van der Waals surface area contributed by atoms with Gasteiger partial charge >= 0.3 is 5.97 Å². The number of hydrogen-bond donors (Lipinski definition) is 0. The van der Waals surface area contributed by atoms with Crippen molar-refractivity contribution in [2.75, 3.05) is 18.1 Å². The zero-order chi connectivity index (χ0) is 17.9. The van der Waals surface area contributed by atoms with Gasteiger partial charge in [-0.3, -0.25) is 0 Å². The molecule has 0 radical (unpaired) electrons. The number of allylic oxidation sites excluding steroid dienone is 1. The molecule has 0 saturated carbocycles. The molecule has 0 fully saturated rings. The summed E-state index contributed by atoms with van der Waals surface area (Å²) in [5.74, 6) is -0.414. The van der Waals surface area contributed by atoms with E-state index in [0.717, 1.165) is 16.9 Å². The summed E-state index contributed by atoms with van der Waals surface area (Å²) in [6.07, 6.45) is 7.15. The van der Waals surface area contributed by atoms with Crippen molar-refractivity contribution in [3.63, 3.8) is 0 Å². The van der Waals surface area contributed by atoms with Gasteiger partial charge in [0.2, 0.25) is 0 Å². The third kappa shape index (κ3) is 5.81. The van der Waals surface area contributed by atoms with Gasteiger partial charge < -0.3 is 9.64 Å². The fourth-order valence-electron chi connectivity index (χ4n) is 2.33. The highest BCUT2D eigenvalue weighted by Gasteiger charge is 2.06. The van der Waals surface area contributed by atoms with E-state index in [2.05, 4.69) is 41.8 Å². The van der Waals surface area contributed by atoms with E-state index in [1.165, 1.54) is 6.08 Å². The van der Waals surface area contributed by atoms with Crippen LogP contribution in [0.1, 0.15) is 6.92 Å². The van der Waals surface area contributed by atoms with Gasteiger partial charge in [-0.05, 0) is 36.8 Å². The van der Waals surface area contributed by atoms with Gasteiger partial charge in [0.15, 0.2) is 0 Å². The maximum atomic E-state index is 11.2. The van der Waals surface area contributed by atoms with Crippen LogP contribution in [0.3, 0.4) is 0 Å². The number of carbonyl (C=O) groups excluding carboxylic acids is 1. The second kappa shape index (κ2) is 9.93. The van der Waals surface area contributed by atoms with Crippen LogP contribution in [0.2, 0.25) is 0 Å². The highest BCUT2D eigenvalue weighted by atomic mass is 16.5. The van der Waals surface area contributed by atoms with Crippen LogP contribution in [0.4, 0.5) is 11.4 Å². The van der Waals surface area contributed by atoms with Crippen molar-refractivity contribution in [2.24, 2.45) is 0 Å². The number of esters is 1. The summed E-state index contributed by atoms with van der Waals surface area (Å²) in [6.45, 7) is 6.28. The predicted molar refractivity (Wildman–Crippen MR) is 104 cm³/mol. The lowest BCUT2D eigenvalue weighted by Gasteiger charge is -2.23. The molecule has 0 aliphatic heterocycles. The van der Waals surface area contributed by atoms with Crippen LogP contribution in [0.15, 0.2) is 97.1 Å². The monoisotopic (exact) mass is 333 g/mol. The molecule has 0 unspecified atom stereocenters. The minimum atomic E-state index is -0.414. The molecule has 0 amide bonds. The molecule has 0 spiro atoms. The van der Waals surface area contributed by atoms with Crippen molar-refractivity contribution >= 4 is 17.3 Å². The fraction of sp³-hybridized carbons (Fsp3) is 0.136. The Bertz CT molecular complexity index is 694. The summed E-state index contributed by atoms with van der Waals surface area (Å²) >= 11 is 0. The molecule has 0 bridgehead atoms. The second-order valence-electron chi connectivity index (χ2n) is 5.36. The lowest BCUT2D eigenvalue weighted by molar-refractivity contribution is -0.136. The molecule has 128 valence electrons. The van der Waals surface area contributed by atoms with Crippen molar-refractivity contribution in [2.45, 2.75) is 6.92 Å². The molecular weight excluding hydrogens is 310 g/mol. The van der Waals surface area contributed by atoms with Gasteiger partial charge in [-0.15, -0.1) is 0 Å². The Morgan fingerprint density at radius 1 is 1.04 bits per heavy atom. The average Bonchev–Trinajstić information content (AvgIpc) is 2.68. The first-order valence-corrected chi connectivity index (χ1v) is 8.23. The number of benzene rings is 2. The molecular formula is C22H23NO2. The Kier molecular flexibility index (Phi) is 7.26. The summed E-state index contributed by atoms with van der Waals surface area (Å²) in [4.78, 5) is 13.4. The molecule has 0 N–H and O–H groups in total. The van der Waals surface area contributed by atoms with Crippen LogP contribution in [0.25, 0.3) is 0 Å². The molecule has 0 aliphatic rings. The first kappa shape index (κ1) is 18.3. The molecule has 0 heterocycles. The van der Waals surface area contributed by atoms with E-state index in [4.69, 9.17) is 4.74 Å². The van der Waals surface area contributed by atoms with Gasteiger partial charge in [-0.25, -0.2) is 4.79 Å². The van der Waals surface area contributed by atoms with Gasteiger partial charge in [0.05, 0.1) is 0 Å². The Morgan fingerprint density at radius 3 is 2.08 bits per heavy atom. The molecule has 0 aliphatic carbocycles. The van der Waals surface area contributed by atoms with Crippen molar-refractivity contribution in [1.29, 1.82) is 0 Å². The Hall–Kier alpha value is -3.07. The van der Waals surface area contributed by atoms with Crippen LogP contribution >= 0.6 is 0 Å². The predicted octanol–water partition coefficient (Wildman–Crippen LogP) is 5.06. The van der Waals surface area contributed by atoms with E-state index in [9.17, 15) is 4.79 Å². The first-order valence-electron chi connectivity index (χ1n) is 8.23. The van der Waals surface area contributed by atoms with Crippen LogP contribution in [0.5, 0.6) is 0 Å². The van der Waals surface area contributed by atoms with Crippen molar-refractivity contribution in [1.82, 2.24) is 0 Å². The molecule has 0 aromatic heterocycles. The van der Waals surface area contributed by atoms with Crippen LogP contribution in [-0.4, -0.2) is 19.1 Å². The summed E-state index contributed by atoms with van der Waals surface area (Å²) in [6, 6.07) is 20.5. The number of anilines is 2. The van der Waals surface area contributed by atoms with E-state index in [-0.39, 0.29) is 6.61 Å². The first-order chi connectivity index (χ1) is 12.2. The molecule has 0 atom stereocenters. The van der Waals surface area contributed by atoms with Crippen molar-refractivity contribution in [3.05, 3.63) is 97.1 Å². The third-order valence-electron chi connectivity index (χ3n) is 3.67. The minimum Gasteiger partial charge on any atom is -0.458 e. The standard InChI is InChI=1S/C22H23NO2/c1-3-19(18-25-22(24)4-2)12-11-17-23(20-13-7-5-8-14-20)21-15-9-6-10-16-21/h3-16H,2,17-18H2,1H3/b12-11-,19-3+. The molecule has 0 saturated heterocycles. The number of ether oxygens (including phenoxy) is 1. The van der Waals surface area contributed by atoms with Crippen LogP contribution < -0.4 is 4.90 Å². The van der Waals surface area contributed by atoms with E-state index >= 15 is 0 Å². The van der Waals surface area contributed by atoms with Crippen LogP contribution in [0, 0.1) is 0 Å². The summed E-state index contributed by atoms with van der Waals surface area (Å²) in [7, 11) is 0. The maximum absolute atomic E-state index is 11.2. The molecule has 2 aromatic rings. The topological polar surface area (TPSA) is 29.5 Å². The second-order valence-corrected chi connectivity index (χ2v) is 5.36. The molecule has 2 rings (SSSR count). The van der Waals surface area contributed by atoms with E-state index in [1.54, 1.807) is 0 Å². The molecule has 25 heavy (non-hydrogen) atoms. The SMILES string of the molecule is C=CC(=O)OCC(/C=C\CN(c1ccccc1)c1ccccc1)=C/C. The zero-order valence-electron chi connectivity index (χ0n) is 14.5. The van der Waals surface area contributed by atoms with Gasteiger partial charge in [0.25, 0.3) is 0 Å². The maximum Gasteiger partial charge on any atom is 0.330 e. The van der Waals surface area contributed by atoms with Gasteiger partial charge in [0, 0.05) is 24.0 Å². The van der Waals surface area contributed by atoms with Crippen LogP contribution in [-0.2, 0) is 9.53 Å². The number of carbonyl (C=O) groups is 1. The smallest absolute Gasteiger partial charge is 0.330 e. The lowest BCUT2D eigenvalue weighted by atomic mass is 10.2. The number of para-hydroxylation sites is 2. The Balaban J connectivity index is 2.09. The molecule has 3 heteroatoms. The van der Waals surface area contributed by atoms with E-state index in [0.29, 0.717) is 6.54 Å². The van der Waals surface area contributed by atoms with Crippen molar-refractivity contribution < 1.29 is 9.53 Å². The average molecular weight is 333 g/mol. The van der Waals surface area contributed by atoms with Gasteiger partial charge in [-0.2, -0.15) is 0 Å². The number of rotatable bonds is 8. The quantitative estimate of drug-likeness (QED) is 0.384. The summed E-state index contributed by atoms with van der Waals surface area (Å²) in [5.41, 5.74) is 3.19. The lowest BCUT2D eigenvalue weighted by Crippen LogP contribution is -2.16. The highest BCUT2D eigenvalue weighted by Crippen LogP contribution is 2.24. The number of hydrogen-bond acceptors (Lipinski definition) is 3. The van der Waals surface area contributed by atoms with E-state index in [1.807, 2.05) is 55.5 Å². The van der Waals surface area contributed by atoms with E-state index < -0.39 is 5.97 Å². The molecule has 3 nitrogen and oxygen atoms in total. The minimum absolute atomic E-state index is 0.245. The summed E-state index contributed by atoms with van der Waals surface area (Å²) in [5, 5.41) is 0. The Morgan fingerprint density at radius 2 is 1.60 bits per heavy atom.